The summed E-state index contributed by atoms with van der Waals surface area (Å²) in [5, 5.41) is 24.2. The van der Waals surface area contributed by atoms with E-state index >= 15 is 0 Å². The van der Waals surface area contributed by atoms with Crippen molar-refractivity contribution in [1.29, 1.82) is 0 Å². The molecule has 0 aliphatic carbocycles. The molecule has 0 atom stereocenters. The summed E-state index contributed by atoms with van der Waals surface area (Å²) in [5.74, 6) is -1.77. The molecule has 0 spiro atoms. The highest BCUT2D eigenvalue weighted by Crippen LogP contribution is 2.40. The van der Waals surface area contributed by atoms with Crippen molar-refractivity contribution in [3.05, 3.63) is 33.9 Å². The van der Waals surface area contributed by atoms with Crippen LogP contribution in [0.5, 0.6) is 5.75 Å². The average molecular weight is 351 g/mol. The van der Waals surface area contributed by atoms with Crippen LogP contribution < -0.4 is 0 Å². The smallest absolute Gasteiger partial charge is 0.416 e. The molecule has 2 rings (SSSR count). The fourth-order valence-corrected chi connectivity index (χ4v) is 1.99. The molecule has 1 aromatic heterocycles. The zero-order chi connectivity index (χ0) is 15.1. The summed E-state index contributed by atoms with van der Waals surface area (Å²) in [5.41, 5.74) is -1.62. The first-order valence-electron chi connectivity index (χ1n) is 5.09. The van der Waals surface area contributed by atoms with E-state index < -0.39 is 23.5 Å². The number of phenolic OH excluding ortho intramolecular Hbond substituents is 1. The molecule has 1 aromatic carbocycles. The molecule has 0 aliphatic heterocycles. The van der Waals surface area contributed by atoms with Crippen LogP contribution in [-0.2, 0) is 6.18 Å². The maximum atomic E-state index is 12.7. The zero-order valence-electron chi connectivity index (χ0n) is 9.49. The van der Waals surface area contributed by atoms with Crippen molar-refractivity contribution in [2.45, 2.75) is 6.18 Å². The monoisotopic (exact) mass is 350 g/mol. The van der Waals surface area contributed by atoms with Gasteiger partial charge in [-0.15, -0.1) is 0 Å². The number of aromatic carboxylic acids is 1. The van der Waals surface area contributed by atoms with Crippen LogP contribution in [0.1, 0.15) is 16.1 Å². The number of hydrogen-bond donors (Lipinski definition) is 3. The Morgan fingerprint density at radius 3 is 2.45 bits per heavy atom. The molecule has 0 bridgehead atoms. The van der Waals surface area contributed by atoms with Crippen molar-refractivity contribution in [2.75, 3.05) is 0 Å². The third-order valence-corrected chi connectivity index (χ3v) is 3.08. The first kappa shape index (κ1) is 14.4. The van der Waals surface area contributed by atoms with Gasteiger partial charge in [-0.3, -0.25) is 5.10 Å². The Kier molecular flexibility index (Phi) is 3.46. The van der Waals surface area contributed by atoms with Gasteiger partial charge in [0.05, 0.1) is 15.7 Å². The van der Waals surface area contributed by atoms with Crippen LogP contribution in [0.3, 0.4) is 0 Å². The van der Waals surface area contributed by atoms with Crippen molar-refractivity contribution in [2.24, 2.45) is 0 Å². The second-order valence-electron chi connectivity index (χ2n) is 3.82. The molecule has 0 amide bonds. The topological polar surface area (TPSA) is 86.2 Å². The first-order valence-corrected chi connectivity index (χ1v) is 5.88. The molecule has 0 radical (unpaired) electrons. The largest absolute Gasteiger partial charge is 0.506 e. The van der Waals surface area contributed by atoms with E-state index in [0.717, 1.165) is 12.1 Å². The van der Waals surface area contributed by atoms with Gasteiger partial charge in [0.2, 0.25) is 0 Å². The normalized spacial score (nSPS) is 11.6. The molecule has 1 heterocycles. The van der Waals surface area contributed by atoms with Crippen molar-refractivity contribution in [1.82, 2.24) is 10.2 Å². The van der Waals surface area contributed by atoms with Gasteiger partial charge in [0.25, 0.3) is 0 Å². The number of phenols is 1. The highest BCUT2D eigenvalue weighted by molar-refractivity contribution is 9.10. The number of hydrogen-bond acceptors (Lipinski definition) is 3. The molecule has 20 heavy (non-hydrogen) atoms. The van der Waals surface area contributed by atoms with Gasteiger partial charge < -0.3 is 10.2 Å². The number of carbonyl (C=O) groups is 1. The predicted octanol–water partition coefficient (Wildman–Crippen LogP) is 3.26. The number of aromatic nitrogens is 2. The Balaban J connectivity index is 2.60. The molecule has 0 aliphatic rings. The number of carboxylic acids is 1. The number of aromatic amines is 1. The van der Waals surface area contributed by atoms with E-state index in [4.69, 9.17) is 5.11 Å². The summed E-state index contributed by atoms with van der Waals surface area (Å²) in [6.07, 6.45) is -4.60. The minimum absolute atomic E-state index is 0.105. The number of benzene rings is 1. The van der Waals surface area contributed by atoms with Gasteiger partial charge in [-0.1, -0.05) is 0 Å². The van der Waals surface area contributed by atoms with Gasteiger partial charge >= 0.3 is 12.1 Å². The number of rotatable bonds is 2. The molecule has 0 saturated heterocycles. The molecule has 0 unspecified atom stereocenters. The maximum Gasteiger partial charge on any atom is 0.416 e. The zero-order valence-corrected chi connectivity index (χ0v) is 11.1. The third-order valence-electron chi connectivity index (χ3n) is 2.47. The lowest BCUT2D eigenvalue weighted by Gasteiger charge is -2.11. The van der Waals surface area contributed by atoms with Gasteiger partial charge in [0.15, 0.2) is 0 Å². The highest BCUT2D eigenvalue weighted by Gasteiger charge is 2.32. The van der Waals surface area contributed by atoms with E-state index in [-0.39, 0.29) is 21.4 Å². The predicted molar refractivity (Wildman–Crippen MR) is 65.3 cm³/mol. The lowest BCUT2D eigenvalue weighted by Crippen LogP contribution is -2.05. The minimum Gasteiger partial charge on any atom is -0.506 e. The molecular formula is C11H6BrF3N2O3. The maximum absolute atomic E-state index is 12.7. The van der Waals surface area contributed by atoms with Crippen molar-refractivity contribution in [3.8, 4) is 17.0 Å². The molecule has 106 valence electrons. The standard InChI is InChI=1S/C11H6BrF3N2O3/c12-6-2-4(11(13,14)15)1-5(9(6)18)7-3-8(10(19)20)17-16-7/h1-3,18H,(H,16,17)(H,19,20). The van der Waals surface area contributed by atoms with Gasteiger partial charge in [-0.25, -0.2) is 4.79 Å². The third kappa shape index (κ3) is 2.62. The Morgan fingerprint density at radius 1 is 1.30 bits per heavy atom. The van der Waals surface area contributed by atoms with E-state index in [1.807, 2.05) is 0 Å². The number of halogens is 4. The van der Waals surface area contributed by atoms with Crippen molar-refractivity contribution in [3.63, 3.8) is 0 Å². The van der Waals surface area contributed by atoms with E-state index in [2.05, 4.69) is 26.1 Å². The number of carboxylic acid groups (broad SMARTS) is 1. The quantitative estimate of drug-likeness (QED) is 0.775. The lowest BCUT2D eigenvalue weighted by molar-refractivity contribution is -0.137. The fourth-order valence-electron chi connectivity index (χ4n) is 1.53. The fraction of sp³-hybridized carbons (Fsp3) is 0.0909. The van der Waals surface area contributed by atoms with Crippen molar-refractivity contribution < 1.29 is 28.2 Å². The SMILES string of the molecule is O=C(O)c1cc(-c2cc(C(F)(F)F)cc(Br)c2O)n[nH]1. The number of nitrogens with zero attached hydrogens (tertiary/aromatic N) is 1. The average Bonchev–Trinajstić information content (AvgIpc) is 2.80. The van der Waals surface area contributed by atoms with Crippen LogP contribution in [0.25, 0.3) is 11.3 Å². The Bertz CT molecular complexity index is 682. The Morgan fingerprint density at radius 2 is 1.95 bits per heavy atom. The van der Waals surface area contributed by atoms with E-state index in [1.54, 1.807) is 0 Å². The molecule has 2 aromatic rings. The van der Waals surface area contributed by atoms with Gasteiger partial charge in [0, 0.05) is 5.56 Å². The summed E-state index contributed by atoms with van der Waals surface area (Å²) in [4.78, 5) is 10.7. The molecule has 5 nitrogen and oxygen atoms in total. The summed E-state index contributed by atoms with van der Waals surface area (Å²) in [6, 6.07) is 2.45. The summed E-state index contributed by atoms with van der Waals surface area (Å²) >= 11 is 2.82. The summed E-state index contributed by atoms with van der Waals surface area (Å²) in [7, 11) is 0. The minimum atomic E-state index is -4.60. The Hall–Kier alpha value is -2.03. The van der Waals surface area contributed by atoms with Crippen LogP contribution in [0, 0.1) is 0 Å². The van der Waals surface area contributed by atoms with Gasteiger partial charge in [0.1, 0.15) is 11.4 Å². The second-order valence-corrected chi connectivity index (χ2v) is 4.68. The second kappa shape index (κ2) is 4.82. The molecule has 0 fully saturated rings. The van der Waals surface area contributed by atoms with Crippen LogP contribution >= 0.6 is 15.9 Å². The highest BCUT2D eigenvalue weighted by atomic mass is 79.9. The van der Waals surface area contributed by atoms with Crippen LogP contribution in [-0.4, -0.2) is 26.4 Å². The number of nitrogens with one attached hydrogen (secondary N) is 1. The molecule has 0 saturated carbocycles. The van der Waals surface area contributed by atoms with Crippen LogP contribution in [0.2, 0.25) is 0 Å². The lowest BCUT2D eigenvalue weighted by atomic mass is 10.1. The van der Waals surface area contributed by atoms with Gasteiger partial charge in [-0.2, -0.15) is 18.3 Å². The van der Waals surface area contributed by atoms with Crippen LogP contribution in [0.15, 0.2) is 22.7 Å². The first-order chi connectivity index (χ1) is 9.20. The Labute approximate surface area is 118 Å². The van der Waals surface area contributed by atoms with E-state index in [1.165, 1.54) is 0 Å². The van der Waals surface area contributed by atoms with E-state index in [0.29, 0.717) is 6.07 Å². The molecule has 3 N–H and O–H groups in total. The number of alkyl halides is 3. The number of aromatic hydroxyl groups is 1. The van der Waals surface area contributed by atoms with Crippen molar-refractivity contribution >= 4 is 21.9 Å². The molecule has 9 heteroatoms. The number of H-pyrrole nitrogens is 1. The van der Waals surface area contributed by atoms with Gasteiger partial charge in [-0.05, 0) is 34.1 Å². The molecular weight excluding hydrogens is 345 g/mol. The summed E-state index contributed by atoms with van der Waals surface area (Å²) < 4.78 is 37.9. The van der Waals surface area contributed by atoms with E-state index in [9.17, 15) is 23.1 Å². The van der Waals surface area contributed by atoms with Crippen LogP contribution in [0.4, 0.5) is 13.2 Å². The summed E-state index contributed by atoms with van der Waals surface area (Å²) in [6.45, 7) is 0.